The van der Waals surface area contributed by atoms with Crippen molar-refractivity contribution in [2.45, 2.75) is 95.5 Å². The third-order valence-electron chi connectivity index (χ3n) is 8.40. The number of carbonyl (C=O) groups is 1. The summed E-state index contributed by atoms with van der Waals surface area (Å²) in [4.78, 5) is 17.0. The highest BCUT2D eigenvalue weighted by atomic mass is 16.5. The van der Waals surface area contributed by atoms with Crippen LogP contribution in [-0.4, -0.2) is 28.3 Å². The van der Waals surface area contributed by atoms with E-state index in [0.717, 1.165) is 41.5 Å². The van der Waals surface area contributed by atoms with E-state index in [1.165, 1.54) is 24.8 Å². The van der Waals surface area contributed by atoms with Crippen LogP contribution in [0.15, 0.2) is 52.9 Å². The summed E-state index contributed by atoms with van der Waals surface area (Å²) in [6, 6.07) is 15.4. The number of rotatable bonds is 8. The topological polar surface area (TPSA) is 81.8 Å². The summed E-state index contributed by atoms with van der Waals surface area (Å²) in [5, 5.41) is 10.0. The Kier molecular flexibility index (Phi) is 6.79. The quantitative estimate of drug-likeness (QED) is 0.342. The van der Waals surface area contributed by atoms with Gasteiger partial charge in [0.05, 0.1) is 23.6 Å². The first kappa shape index (κ1) is 26.3. The van der Waals surface area contributed by atoms with Gasteiger partial charge in [0.2, 0.25) is 11.5 Å². The Morgan fingerprint density at radius 1 is 1.00 bits per heavy atom. The molecule has 0 amide bonds. The van der Waals surface area contributed by atoms with Crippen LogP contribution >= 0.6 is 0 Å². The van der Waals surface area contributed by atoms with E-state index in [-0.39, 0.29) is 23.2 Å². The van der Waals surface area contributed by atoms with Gasteiger partial charge in [-0.25, -0.2) is 9.78 Å². The molecule has 1 spiro atoms. The Labute approximate surface area is 225 Å². The Bertz CT molecular complexity index is 1280. The second-order valence-corrected chi connectivity index (χ2v) is 12.3. The first-order valence-corrected chi connectivity index (χ1v) is 13.7. The van der Waals surface area contributed by atoms with Crippen LogP contribution in [0.4, 0.5) is 0 Å². The van der Waals surface area contributed by atoms with Gasteiger partial charge in [-0.3, -0.25) is 0 Å². The van der Waals surface area contributed by atoms with Gasteiger partial charge in [-0.2, -0.15) is 0 Å². The van der Waals surface area contributed by atoms with Gasteiger partial charge in [-0.15, -0.1) is 0 Å². The van der Waals surface area contributed by atoms with E-state index in [4.69, 9.17) is 18.9 Å². The Morgan fingerprint density at radius 3 is 2.24 bits per heavy atom. The van der Waals surface area contributed by atoms with Crippen LogP contribution in [0.25, 0.3) is 0 Å². The number of aromatic nitrogens is 1. The van der Waals surface area contributed by atoms with Crippen molar-refractivity contribution in [3.05, 3.63) is 77.0 Å². The van der Waals surface area contributed by atoms with E-state index < -0.39 is 11.6 Å². The summed E-state index contributed by atoms with van der Waals surface area (Å²) in [5.41, 5.74) is 1.69. The summed E-state index contributed by atoms with van der Waals surface area (Å²) in [7, 11) is 0. The standard InChI is InChI=1S/C32H39NO5/c1-21-27-26(32(28(33-27)37-21)17-7-6-8-18-32)20-36-24-13-9-22(10-14-24)19-31(5,29(34)35)38-25-15-11-23(12-16-25)30(2,3)4/h9-16,26H,6-8,17-20H2,1-5H3,(H,34,35). The van der Waals surface area contributed by atoms with Crippen LogP contribution in [0.1, 0.15) is 94.2 Å². The van der Waals surface area contributed by atoms with Gasteiger partial charge in [-0.1, -0.05) is 64.3 Å². The fourth-order valence-electron chi connectivity index (χ4n) is 6.05. The molecule has 202 valence electrons. The third-order valence-corrected chi connectivity index (χ3v) is 8.40. The number of aryl methyl sites for hydroxylation is 1. The van der Waals surface area contributed by atoms with Crippen molar-refractivity contribution in [1.82, 2.24) is 4.98 Å². The normalized spacial score (nSPS) is 19.8. The van der Waals surface area contributed by atoms with Crippen molar-refractivity contribution in [2.75, 3.05) is 6.61 Å². The van der Waals surface area contributed by atoms with Crippen molar-refractivity contribution in [1.29, 1.82) is 0 Å². The van der Waals surface area contributed by atoms with Gasteiger partial charge in [0.25, 0.3) is 0 Å². The van der Waals surface area contributed by atoms with Gasteiger partial charge < -0.3 is 19.0 Å². The molecule has 1 aromatic heterocycles. The molecule has 1 saturated carbocycles. The number of hydrogen-bond donors (Lipinski definition) is 1. The Hall–Kier alpha value is -3.28. The van der Waals surface area contributed by atoms with Crippen molar-refractivity contribution in [3.8, 4) is 11.5 Å². The average molecular weight is 518 g/mol. The van der Waals surface area contributed by atoms with E-state index in [2.05, 4.69) is 20.8 Å². The predicted molar refractivity (Wildman–Crippen MR) is 146 cm³/mol. The van der Waals surface area contributed by atoms with Crippen LogP contribution in [0.5, 0.6) is 11.5 Å². The van der Waals surface area contributed by atoms with Crippen LogP contribution in [0.2, 0.25) is 0 Å². The molecule has 3 aromatic rings. The molecule has 1 aliphatic carbocycles. The monoisotopic (exact) mass is 517 g/mol. The minimum atomic E-state index is -1.40. The number of carboxylic acid groups (broad SMARTS) is 1. The van der Waals surface area contributed by atoms with Gasteiger partial charge in [0, 0.05) is 6.42 Å². The molecule has 2 heterocycles. The summed E-state index contributed by atoms with van der Waals surface area (Å²) >= 11 is 0. The zero-order chi connectivity index (χ0) is 27.1. The lowest BCUT2D eigenvalue weighted by atomic mass is 9.65. The van der Waals surface area contributed by atoms with E-state index in [9.17, 15) is 9.90 Å². The zero-order valence-electron chi connectivity index (χ0n) is 23.2. The number of aliphatic carboxylic acids is 1. The van der Waals surface area contributed by atoms with Gasteiger partial charge in [0.15, 0.2) is 0 Å². The highest BCUT2D eigenvalue weighted by Crippen LogP contribution is 2.54. The van der Waals surface area contributed by atoms with Crippen molar-refractivity contribution in [3.63, 3.8) is 0 Å². The SMILES string of the molecule is Cc1oc2nc1C(COc1ccc(CC(C)(Oc3ccc(C(C)(C)C)cc3)C(=O)O)cc1)C21CCCCC1. The fourth-order valence-corrected chi connectivity index (χ4v) is 6.05. The maximum absolute atomic E-state index is 12.2. The molecule has 2 bridgehead atoms. The highest BCUT2D eigenvalue weighted by Gasteiger charge is 2.53. The lowest BCUT2D eigenvalue weighted by Gasteiger charge is -2.38. The van der Waals surface area contributed by atoms with Crippen LogP contribution in [-0.2, 0) is 22.0 Å². The van der Waals surface area contributed by atoms with Gasteiger partial charge >= 0.3 is 5.97 Å². The smallest absolute Gasteiger partial charge is 0.348 e. The number of carboxylic acids is 1. The summed E-state index contributed by atoms with van der Waals surface area (Å²) < 4.78 is 18.3. The van der Waals surface area contributed by atoms with E-state index in [1.807, 2.05) is 55.5 Å². The fraction of sp³-hybridized carbons (Fsp3) is 0.500. The molecular weight excluding hydrogens is 478 g/mol. The molecule has 6 heteroatoms. The van der Waals surface area contributed by atoms with Crippen molar-refractivity contribution >= 4 is 5.97 Å². The molecule has 2 aliphatic rings. The predicted octanol–water partition coefficient (Wildman–Crippen LogP) is 7.12. The molecule has 1 fully saturated rings. The summed E-state index contributed by atoms with van der Waals surface area (Å²) in [6.07, 6.45) is 6.10. The van der Waals surface area contributed by atoms with Gasteiger partial charge in [0.1, 0.15) is 17.3 Å². The average Bonchev–Trinajstić information content (AvgIpc) is 3.39. The Balaban J connectivity index is 1.24. The second-order valence-electron chi connectivity index (χ2n) is 12.3. The molecule has 1 aliphatic heterocycles. The van der Waals surface area contributed by atoms with Crippen molar-refractivity contribution in [2.24, 2.45) is 0 Å². The number of oxazole rings is 1. The molecule has 0 radical (unpaired) electrons. The number of ether oxygens (including phenoxy) is 2. The van der Waals surface area contributed by atoms with E-state index >= 15 is 0 Å². The number of hydrogen-bond acceptors (Lipinski definition) is 5. The maximum Gasteiger partial charge on any atom is 0.348 e. The zero-order valence-corrected chi connectivity index (χ0v) is 23.2. The molecule has 2 aromatic carbocycles. The number of fused-ring (bicyclic) bond motifs is 3. The largest absolute Gasteiger partial charge is 0.493 e. The minimum Gasteiger partial charge on any atom is -0.493 e. The third kappa shape index (κ3) is 4.93. The maximum atomic E-state index is 12.2. The molecule has 2 atom stereocenters. The number of benzene rings is 2. The minimum absolute atomic E-state index is 0.0151. The highest BCUT2D eigenvalue weighted by molar-refractivity contribution is 5.78. The molecule has 38 heavy (non-hydrogen) atoms. The summed E-state index contributed by atoms with van der Waals surface area (Å²) in [6.45, 7) is 10.6. The molecule has 2 unspecified atom stereocenters. The molecular formula is C32H39NO5. The van der Waals surface area contributed by atoms with Gasteiger partial charge in [-0.05, 0) is 67.5 Å². The van der Waals surface area contributed by atoms with E-state index in [1.54, 1.807) is 6.92 Å². The number of nitrogens with zero attached hydrogens (tertiary/aromatic N) is 1. The Morgan fingerprint density at radius 2 is 1.63 bits per heavy atom. The van der Waals surface area contributed by atoms with Crippen LogP contribution < -0.4 is 9.47 Å². The van der Waals surface area contributed by atoms with Crippen molar-refractivity contribution < 1.29 is 23.8 Å². The van der Waals surface area contributed by atoms with E-state index in [0.29, 0.717) is 12.4 Å². The van der Waals surface area contributed by atoms with Crippen LogP contribution in [0, 0.1) is 6.92 Å². The lowest BCUT2D eigenvalue weighted by molar-refractivity contribution is -0.153. The first-order chi connectivity index (χ1) is 18.0. The molecule has 5 rings (SSSR count). The first-order valence-electron chi connectivity index (χ1n) is 13.7. The molecule has 6 nitrogen and oxygen atoms in total. The molecule has 0 saturated heterocycles. The summed E-state index contributed by atoms with van der Waals surface area (Å²) in [5.74, 6) is 2.33. The lowest BCUT2D eigenvalue weighted by Crippen LogP contribution is -2.43. The van der Waals surface area contributed by atoms with Crippen LogP contribution in [0.3, 0.4) is 0 Å². The molecule has 1 N–H and O–H groups in total. The second kappa shape index (κ2) is 9.79.